The van der Waals surface area contributed by atoms with E-state index in [9.17, 15) is 9.59 Å². The lowest BCUT2D eigenvalue weighted by Crippen LogP contribution is -2.49. The number of carbonyl (C=O) groups is 2. The number of rotatable bonds is 3. The van der Waals surface area contributed by atoms with Crippen molar-refractivity contribution in [3.8, 4) is 0 Å². The van der Waals surface area contributed by atoms with Crippen LogP contribution in [0.15, 0.2) is 30.3 Å². The van der Waals surface area contributed by atoms with E-state index in [0.29, 0.717) is 19.0 Å². The largest absolute Gasteiger partial charge is 0.342 e. The Hall–Kier alpha value is -1.84. The summed E-state index contributed by atoms with van der Waals surface area (Å²) in [5.41, 5.74) is 0.526. The van der Waals surface area contributed by atoms with Crippen molar-refractivity contribution in [2.75, 3.05) is 26.2 Å². The van der Waals surface area contributed by atoms with E-state index < -0.39 is 5.41 Å². The van der Waals surface area contributed by atoms with Gasteiger partial charge in [0.15, 0.2) is 0 Å². The van der Waals surface area contributed by atoms with Crippen LogP contribution < -0.4 is 0 Å². The first-order valence-corrected chi connectivity index (χ1v) is 9.14. The van der Waals surface area contributed by atoms with Gasteiger partial charge in [-0.05, 0) is 45.1 Å². The third kappa shape index (κ3) is 3.33. The van der Waals surface area contributed by atoms with Crippen LogP contribution in [0.5, 0.6) is 0 Å². The molecule has 2 amide bonds. The highest BCUT2D eigenvalue weighted by Gasteiger charge is 2.37. The molecule has 2 saturated heterocycles. The molecule has 0 bridgehead atoms. The first-order chi connectivity index (χ1) is 11.5. The summed E-state index contributed by atoms with van der Waals surface area (Å²) >= 11 is 0. The van der Waals surface area contributed by atoms with Crippen molar-refractivity contribution in [2.45, 2.75) is 44.9 Å². The molecular formula is C20H28N2O2. The Morgan fingerprint density at radius 2 is 1.50 bits per heavy atom. The number of carbonyl (C=O) groups excluding carboxylic acids is 2. The second kappa shape index (κ2) is 6.96. The van der Waals surface area contributed by atoms with Gasteiger partial charge in [-0.2, -0.15) is 0 Å². The Morgan fingerprint density at radius 1 is 0.917 bits per heavy atom. The van der Waals surface area contributed by atoms with Gasteiger partial charge in [0.05, 0.1) is 5.41 Å². The molecule has 4 heteroatoms. The molecule has 2 aliphatic heterocycles. The van der Waals surface area contributed by atoms with E-state index >= 15 is 0 Å². The Balaban J connectivity index is 1.60. The first-order valence-electron chi connectivity index (χ1n) is 9.14. The maximum Gasteiger partial charge on any atom is 0.232 e. The normalized spacial score (nSPS) is 19.6. The molecule has 3 rings (SSSR count). The predicted octanol–water partition coefficient (Wildman–Crippen LogP) is 2.83. The summed E-state index contributed by atoms with van der Waals surface area (Å²) in [7, 11) is 0. The fourth-order valence-corrected chi connectivity index (χ4v) is 3.90. The number of piperidine rings is 1. The van der Waals surface area contributed by atoms with Gasteiger partial charge in [0.1, 0.15) is 0 Å². The summed E-state index contributed by atoms with van der Waals surface area (Å²) < 4.78 is 0. The van der Waals surface area contributed by atoms with Crippen molar-refractivity contribution in [1.29, 1.82) is 0 Å². The molecule has 0 aliphatic carbocycles. The van der Waals surface area contributed by atoms with E-state index in [-0.39, 0.29) is 11.8 Å². The average Bonchev–Trinajstić information content (AvgIpc) is 3.16. The van der Waals surface area contributed by atoms with Crippen LogP contribution in [0.2, 0.25) is 0 Å². The summed E-state index contributed by atoms with van der Waals surface area (Å²) in [4.78, 5) is 29.5. The van der Waals surface area contributed by atoms with Gasteiger partial charge in [0.2, 0.25) is 11.8 Å². The molecule has 2 heterocycles. The zero-order chi connectivity index (χ0) is 17.2. The van der Waals surface area contributed by atoms with E-state index in [1.165, 1.54) is 0 Å². The molecule has 0 atom stereocenters. The Bertz CT molecular complexity index is 583. The second-order valence-corrected chi connectivity index (χ2v) is 7.59. The Morgan fingerprint density at radius 3 is 2.08 bits per heavy atom. The van der Waals surface area contributed by atoms with E-state index in [1.807, 2.05) is 54.0 Å². The molecule has 0 N–H and O–H groups in total. The quantitative estimate of drug-likeness (QED) is 0.856. The number of benzene rings is 1. The second-order valence-electron chi connectivity index (χ2n) is 7.59. The molecule has 0 saturated carbocycles. The molecule has 130 valence electrons. The maximum atomic E-state index is 13.0. The van der Waals surface area contributed by atoms with Gasteiger partial charge in [0.25, 0.3) is 0 Å². The molecule has 0 aromatic heterocycles. The van der Waals surface area contributed by atoms with E-state index in [4.69, 9.17) is 0 Å². The minimum atomic E-state index is -0.521. The summed E-state index contributed by atoms with van der Waals surface area (Å²) in [6.45, 7) is 7.20. The van der Waals surface area contributed by atoms with Gasteiger partial charge in [-0.1, -0.05) is 30.3 Å². The van der Waals surface area contributed by atoms with Crippen molar-refractivity contribution >= 4 is 11.8 Å². The van der Waals surface area contributed by atoms with Gasteiger partial charge in [-0.25, -0.2) is 0 Å². The number of likely N-dealkylation sites (tertiary alicyclic amines) is 2. The van der Waals surface area contributed by atoms with Gasteiger partial charge in [-0.15, -0.1) is 0 Å². The van der Waals surface area contributed by atoms with E-state index in [0.717, 1.165) is 44.3 Å². The fraction of sp³-hybridized carbons (Fsp3) is 0.600. The Kier molecular flexibility index (Phi) is 4.93. The molecule has 2 fully saturated rings. The lowest BCUT2D eigenvalue weighted by molar-refractivity contribution is -0.142. The van der Waals surface area contributed by atoms with E-state index in [1.54, 1.807) is 0 Å². The number of nitrogens with zero attached hydrogens (tertiary/aromatic N) is 2. The standard InChI is InChI=1S/C20H28N2O2/c1-20(2,17-8-4-3-5-9-17)19(24)22-14-10-16(11-15-22)18(23)21-12-6-7-13-21/h3-5,8-9,16H,6-7,10-15H2,1-2H3. The molecule has 24 heavy (non-hydrogen) atoms. The number of amides is 2. The van der Waals surface area contributed by atoms with Crippen molar-refractivity contribution in [2.24, 2.45) is 5.92 Å². The predicted molar refractivity (Wildman–Crippen MR) is 94.6 cm³/mol. The number of hydrogen-bond donors (Lipinski definition) is 0. The van der Waals surface area contributed by atoms with Crippen LogP contribution in [-0.2, 0) is 15.0 Å². The molecule has 4 nitrogen and oxygen atoms in total. The molecule has 1 aromatic carbocycles. The van der Waals surface area contributed by atoms with Crippen LogP contribution in [0, 0.1) is 5.92 Å². The molecule has 2 aliphatic rings. The fourth-order valence-electron chi connectivity index (χ4n) is 3.90. The minimum absolute atomic E-state index is 0.104. The zero-order valence-corrected chi connectivity index (χ0v) is 14.8. The van der Waals surface area contributed by atoms with Gasteiger partial charge in [-0.3, -0.25) is 9.59 Å². The van der Waals surface area contributed by atoms with Gasteiger partial charge < -0.3 is 9.80 Å². The third-order valence-corrected chi connectivity index (χ3v) is 5.58. The van der Waals surface area contributed by atoms with Crippen LogP contribution in [-0.4, -0.2) is 47.8 Å². The SMILES string of the molecule is CC(C)(C(=O)N1CCC(C(=O)N2CCCC2)CC1)c1ccccc1. The lowest BCUT2D eigenvalue weighted by atomic mass is 9.82. The van der Waals surface area contributed by atoms with E-state index in [2.05, 4.69) is 0 Å². The van der Waals surface area contributed by atoms with Crippen LogP contribution in [0.4, 0.5) is 0 Å². The minimum Gasteiger partial charge on any atom is -0.342 e. The van der Waals surface area contributed by atoms with Crippen molar-refractivity contribution in [3.05, 3.63) is 35.9 Å². The van der Waals surface area contributed by atoms with Crippen molar-refractivity contribution < 1.29 is 9.59 Å². The highest BCUT2D eigenvalue weighted by Crippen LogP contribution is 2.29. The summed E-state index contributed by atoms with van der Waals surface area (Å²) in [5, 5.41) is 0. The highest BCUT2D eigenvalue weighted by molar-refractivity contribution is 5.88. The molecule has 0 spiro atoms. The zero-order valence-electron chi connectivity index (χ0n) is 14.8. The highest BCUT2D eigenvalue weighted by atomic mass is 16.2. The third-order valence-electron chi connectivity index (χ3n) is 5.58. The lowest BCUT2D eigenvalue weighted by Gasteiger charge is -2.37. The van der Waals surface area contributed by atoms with Crippen LogP contribution in [0.25, 0.3) is 0 Å². The molecule has 0 unspecified atom stereocenters. The first kappa shape index (κ1) is 17.0. The van der Waals surface area contributed by atoms with Crippen molar-refractivity contribution in [3.63, 3.8) is 0 Å². The van der Waals surface area contributed by atoms with Crippen LogP contribution >= 0.6 is 0 Å². The molecule has 0 radical (unpaired) electrons. The summed E-state index contributed by atoms with van der Waals surface area (Å²) in [6.07, 6.45) is 3.86. The number of hydrogen-bond acceptors (Lipinski definition) is 2. The average molecular weight is 328 g/mol. The van der Waals surface area contributed by atoms with Crippen LogP contribution in [0.1, 0.15) is 45.1 Å². The molecule has 1 aromatic rings. The smallest absolute Gasteiger partial charge is 0.232 e. The van der Waals surface area contributed by atoms with Crippen LogP contribution in [0.3, 0.4) is 0 Å². The monoisotopic (exact) mass is 328 g/mol. The van der Waals surface area contributed by atoms with Gasteiger partial charge >= 0.3 is 0 Å². The summed E-state index contributed by atoms with van der Waals surface area (Å²) in [6, 6.07) is 9.96. The summed E-state index contributed by atoms with van der Waals surface area (Å²) in [5.74, 6) is 0.578. The topological polar surface area (TPSA) is 40.6 Å². The molecular weight excluding hydrogens is 300 g/mol. The van der Waals surface area contributed by atoms with Gasteiger partial charge in [0, 0.05) is 32.1 Å². The Labute approximate surface area is 144 Å². The van der Waals surface area contributed by atoms with Crippen molar-refractivity contribution in [1.82, 2.24) is 9.80 Å². The maximum absolute atomic E-state index is 13.0.